The van der Waals surface area contributed by atoms with Gasteiger partial charge in [-0.25, -0.2) is 9.55 Å². The van der Waals surface area contributed by atoms with E-state index in [9.17, 15) is 9.36 Å². The normalized spacial score (nSPS) is 21.5. The summed E-state index contributed by atoms with van der Waals surface area (Å²) < 4.78 is 22.3. The van der Waals surface area contributed by atoms with Crippen molar-refractivity contribution in [3.05, 3.63) is 40.4 Å². The Hall–Kier alpha value is -1.61. The van der Waals surface area contributed by atoms with Crippen LogP contribution in [0.3, 0.4) is 0 Å². The zero-order valence-electron chi connectivity index (χ0n) is 12.7. The zero-order chi connectivity index (χ0) is 17.3. The minimum absolute atomic E-state index is 0.225. The molecule has 3 rings (SSSR count). The van der Waals surface area contributed by atoms with Crippen molar-refractivity contribution in [1.82, 2.24) is 9.55 Å². The second-order valence-corrected chi connectivity index (χ2v) is 6.79. The van der Waals surface area contributed by atoms with Gasteiger partial charge in [-0.3, -0.25) is 13.9 Å². The largest absolute Gasteiger partial charge is 0.469 e. The van der Waals surface area contributed by atoms with Crippen LogP contribution in [-0.4, -0.2) is 32.0 Å². The van der Waals surface area contributed by atoms with Gasteiger partial charge in [0.05, 0.1) is 23.6 Å². The Bertz CT molecular complexity index is 848. The molecule has 9 nitrogen and oxygen atoms in total. The van der Waals surface area contributed by atoms with Crippen molar-refractivity contribution in [2.75, 3.05) is 6.61 Å². The summed E-state index contributed by atoms with van der Waals surface area (Å²) in [5, 5.41) is 0.459. The SMILES string of the molecule is NCc1cccc2ncn([C@H]3CC[C@@H](COP(=O)(O)O)O3)c(=O)c12. The molecule has 0 spiro atoms. The van der Waals surface area contributed by atoms with Gasteiger partial charge in [0.25, 0.3) is 5.56 Å². The molecular weight excluding hydrogens is 337 g/mol. The third-order valence-electron chi connectivity index (χ3n) is 3.94. The van der Waals surface area contributed by atoms with E-state index in [4.69, 9.17) is 20.3 Å². The highest BCUT2D eigenvalue weighted by atomic mass is 31.2. The van der Waals surface area contributed by atoms with E-state index in [1.54, 1.807) is 18.2 Å². The van der Waals surface area contributed by atoms with E-state index in [0.29, 0.717) is 29.3 Å². The Labute approximate surface area is 137 Å². The Morgan fingerprint density at radius 3 is 2.92 bits per heavy atom. The number of nitrogens with zero attached hydrogens (tertiary/aromatic N) is 2. The molecule has 0 aliphatic carbocycles. The van der Waals surface area contributed by atoms with Gasteiger partial charge >= 0.3 is 7.82 Å². The van der Waals surface area contributed by atoms with E-state index in [-0.39, 0.29) is 18.7 Å². The molecule has 1 fully saturated rings. The maximum Gasteiger partial charge on any atom is 0.469 e. The number of aromatic nitrogens is 2. The Balaban J connectivity index is 1.85. The van der Waals surface area contributed by atoms with Crippen molar-refractivity contribution in [2.24, 2.45) is 5.73 Å². The van der Waals surface area contributed by atoms with E-state index in [1.165, 1.54) is 10.9 Å². The van der Waals surface area contributed by atoms with Gasteiger partial charge in [0.2, 0.25) is 0 Å². The number of rotatable bonds is 5. The fourth-order valence-corrected chi connectivity index (χ4v) is 3.18. The van der Waals surface area contributed by atoms with Crippen LogP contribution < -0.4 is 11.3 Å². The fourth-order valence-electron chi connectivity index (χ4n) is 2.82. The second kappa shape index (κ2) is 6.72. The molecular formula is C14H18N3O6P. The number of benzene rings is 1. The third-order valence-corrected chi connectivity index (χ3v) is 4.43. The lowest BCUT2D eigenvalue weighted by atomic mass is 10.1. The van der Waals surface area contributed by atoms with Crippen LogP contribution in [0.2, 0.25) is 0 Å². The summed E-state index contributed by atoms with van der Waals surface area (Å²) in [5.74, 6) is 0. The predicted molar refractivity (Wildman–Crippen MR) is 85.0 cm³/mol. The fraction of sp³-hybridized carbons (Fsp3) is 0.429. The predicted octanol–water partition coefficient (Wildman–Crippen LogP) is 0.642. The van der Waals surface area contributed by atoms with Gasteiger partial charge in [0, 0.05) is 6.54 Å². The molecule has 1 aliphatic rings. The first-order valence-corrected chi connectivity index (χ1v) is 8.96. The summed E-state index contributed by atoms with van der Waals surface area (Å²) >= 11 is 0. The quantitative estimate of drug-likeness (QED) is 0.665. The van der Waals surface area contributed by atoms with E-state index in [0.717, 1.165) is 0 Å². The summed E-state index contributed by atoms with van der Waals surface area (Å²) in [6, 6.07) is 5.32. The average Bonchev–Trinajstić information content (AvgIpc) is 3.01. The molecule has 0 radical (unpaired) electrons. The van der Waals surface area contributed by atoms with Gasteiger partial charge < -0.3 is 20.3 Å². The Morgan fingerprint density at radius 1 is 1.42 bits per heavy atom. The smallest absolute Gasteiger partial charge is 0.352 e. The molecule has 0 saturated carbocycles. The Morgan fingerprint density at radius 2 is 2.21 bits per heavy atom. The van der Waals surface area contributed by atoms with Crippen LogP contribution >= 0.6 is 7.82 Å². The number of fused-ring (bicyclic) bond motifs is 1. The van der Waals surface area contributed by atoms with Crippen molar-refractivity contribution in [3.63, 3.8) is 0 Å². The molecule has 0 amide bonds. The minimum atomic E-state index is -4.54. The van der Waals surface area contributed by atoms with Crippen LogP contribution in [0, 0.1) is 0 Å². The van der Waals surface area contributed by atoms with Gasteiger partial charge in [-0.1, -0.05) is 12.1 Å². The highest BCUT2D eigenvalue weighted by Gasteiger charge is 2.30. The zero-order valence-corrected chi connectivity index (χ0v) is 13.6. The lowest BCUT2D eigenvalue weighted by Crippen LogP contribution is -2.27. The topological polar surface area (TPSA) is 137 Å². The van der Waals surface area contributed by atoms with Crippen LogP contribution in [0.5, 0.6) is 0 Å². The van der Waals surface area contributed by atoms with Crippen LogP contribution in [-0.2, 0) is 20.4 Å². The summed E-state index contributed by atoms with van der Waals surface area (Å²) in [6.45, 7) is -0.00681. The molecule has 10 heteroatoms. The summed E-state index contributed by atoms with van der Waals surface area (Å²) in [4.78, 5) is 34.5. The molecule has 1 saturated heterocycles. The van der Waals surface area contributed by atoms with Crippen LogP contribution in [0.25, 0.3) is 10.9 Å². The lowest BCUT2D eigenvalue weighted by molar-refractivity contribution is -0.0239. The number of hydrogen-bond acceptors (Lipinski definition) is 6. The number of hydrogen-bond donors (Lipinski definition) is 3. The first-order chi connectivity index (χ1) is 11.4. The van der Waals surface area contributed by atoms with Crippen molar-refractivity contribution in [3.8, 4) is 0 Å². The van der Waals surface area contributed by atoms with Crippen LogP contribution in [0.15, 0.2) is 29.3 Å². The molecule has 2 heterocycles. The second-order valence-electron chi connectivity index (χ2n) is 5.55. The maximum atomic E-state index is 12.8. The van der Waals surface area contributed by atoms with E-state index in [2.05, 4.69) is 9.51 Å². The standard InChI is InChI=1S/C14H18N3O6P/c15-6-9-2-1-3-11-13(9)14(18)17(8-16-11)12-5-4-10(23-12)7-22-24(19,20)21/h1-3,8,10,12H,4-7,15H2,(H2,19,20,21)/t10-,12+/m0/s1. The van der Waals surface area contributed by atoms with Crippen molar-refractivity contribution in [2.45, 2.75) is 31.7 Å². The summed E-state index contributed by atoms with van der Waals surface area (Å²) in [5.41, 5.74) is 6.72. The highest BCUT2D eigenvalue weighted by Crippen LogP contribution is 2.38. The lowest BCUT2D eigenvalue weighted by Gasteiger charge is -2.17. The molecule has 130 valence electrons. The molecule has 1 aliphatic heterocycles. The molecule has 0 bridgehead atoms. The van der Waals surface area contributed by atoms with Crippen molar-refractivity contribution < 1.29 is 23.6 Å². The number of nitrogens with two attached hydrogens (primary N) is 1. The highest BCUT2D eigenvalue weighted by molar-refractivity contribution is 7.46. The first-order valence-electron chi connectivity index (χ1n) is 7.43. The number of phosphoric acid groups is 1. The van der Waals surface area contributed by atoms with Crippen molar-refractivity contribution in [1.29, 1.82) is 0 Å². The van der Waals surface area contributed by atoms with E-state index in [1.807, 2.05) is 0 Å². The molecule has 2 aromatic rings. The van der Waals surface area contributed by atoms with Gasteiger partial charge in [-0.05, 0) is 24.5 Å². The monoisotopic (exact) mass is 355 g/mol. The van der Waals surface area contributed by atoms with Gasteiger partial charge in [0.15, 0.2) is 0 Å². The molecule has 1 aromatic carbocycles. The molecule has 1 aromatic heterocycles. The van der Waals surface area contributed by atoms with Gasteiger partial charge in [-0.2, -0.15) is 0 Å². The molecule has 0 unspecified atom stereocenters. The first kappa shape index (κ1) is 17.2. The third kappa shape index (κ3) is 3.56. The Kier molecular flexibility index (Phi) is 4.82. The van der Waals surface area contributed by atoms with Gasteiger partial charge in [0.1, 0.15) is 12.6 Å². The van der Waals surface area contributed by atoms with Gasteiger partial charge in [-0.15, -0.1) is 0 Å². The average molecular weight is 355 g/mol. The molecule has 4 N–H and O–H groups in total. The van der Waals surface area contributed by atoms with Crippen molar-refractivity contribution >= 4 is 18.7 Å². The number of ether oxygens (including phenoxy) is 1. The van der Waals surface area contributed by atoms with Crippen LogP contribution in [0.1, 0.15) is 24.6 Å². The molecule has 24 heavy (non-hydrogen) atoms. The summed E-state index contributed by atoms with van der Waals surface area (Å²) in [7, 11) is -4.54. The van der Waals surface area contributed by atoms with Crippen LogP contribution in [0.4, 0.5) is 0 Å². The number of phosphoric ester groups is 1. The summed E-state index contributed by atoms with van der Waals surface area (Å²) in [6.07, 6.45) is 1.42. The molecule has 2 atom stereocenters. The maximum absolute atomic E-state index is 12.8. The van der Waals surface area contributed by atoms with E-state index < -0.39 is 20.2 Å². The van der Waals surface area contributed by atoms with E-state index >= 15 is 0 Å². The minimum Gasteiger partial charge on any atom is -0.352 e.